The van der Waals surface area contributed by atoms with Crippen LogP contribution in [0.1, 0.15) is 5.56 Å². The topological polar surface area (TPSA) is 83.9 Å². The van der Waals surface area contributed by atoms with Crippen LogP contribution in [-0.4, -0.2) is 45.0 Å². The maximum atomic E-state index is 12.2. The van der Waals surface area contributed by atoms with Crippen LogP contribution in [0.25, 0.3) is 6.08 Å². The van der Waals surface area contributed by atoms with Crippen LogP contribution in [0.4, 0.5) is 0 Å². The lowest BCUT2D eigenvalue weighted by Crippen LogP contribution is -2.23. The zero-order valence-electron chi connectivity index (χ0n) is 11.1. The molecule has 0 radical (unpaired) electrons. The number of hydrogen-bond donors (Lipinski definition) is 1. The average molecular weight is 320 g/mol. The predicted octanol–water partition coefficient (Wildman–Crippen LogP) is 1.70. The van der Waals surface area contributed by atoms with E-state index in [4.69, 9.17) is 21.4 Å². The Labute approximate surface area is 122 Å². The Morgan fingerprint density at radius 2 is 2.00 bits per heavy atom. The van der Waals surface area contributed by atoms with E-state index in [2.05, 4.69) is 0 Å². The fourth-order valence-corrected chi connectivity index (χ4v) is 2.81. The molecule has 20 heavy (non-hydrogen) atoms. The lowest BCUT2D eigenvalue weighted by atomic mass is 10.2. The maximum Gasteiger partial charge on any atom is 0.328 e. The number of carboxylic acids is 1. The summed E-state index contributed by atoms with van der Waals surface area (Å²) in [5.74, 6) is -0.929. The van der Waals surface area contributed by atoms with Gasteiger partial charge in [0.15, 0.2) is 0 Å². The fourth-order valence-electron chi connectivity index (χ4n) is 1.42. The number of carboxylic acid groups (broad SMARTS) is 1. The van der Waals surface area contributed by atoms with Gasteiger partial charge in [0.2, 0.25) is 10.0 Å². The fraction of sp³-hybridized carbons (Fsp3) is 0.250. The van der Waals surface area contributed by atoms with Crippen molar-refractivity contribution in [2.45, 2.75) is 4.90 Å². The molecule has 1 N–H and O–H groups in total. The van der Waals surface area contributed by atoms with E-state index in [1.165, 1.54) is 39.4 Å². The van der Waals surface area contributed by atoms with Crippen LogP contribution in [0, 0.1) is 0 Å². The third-order valence-electron chi connectivity index (χ3n) is 2.45. The number of ether oxygens (including phenoxy) is 1. The summed E-state index contributed by atoms with van der Waals surface area (Å²) in [5.41, 5.74) is 0.183. The smallest absolute Gasteiger partial charge is 0.328 e. The molecule has 0 amide bonds. The van der Waals surface area contributed by atoms with E-state index < -0.39 is 16.0 Å². The molecule has 0 aliphatic rings. The minimum atomic E-state index is -3.75. The summed E-state index contributed by atoms with van der Waals surface area (Å²) in [4.78, 5) is 10.5. The van der Waals surface area contributed by atoms with Crippen molar-refractivity contribution in [2.75, 3.05) is 21.2 Å². The van der Waals surface area contributed by atoms with Gasteiger partial charge in [-0.3, -0.25) is 0 Å². The van der Waals surface area contributed by atoms with Crippen LogP contribution in [0.3, 0.4) is 0 Å². The highest BCUT2D eigenvalue weighted by Crippen LogP contribution is 2.32. The summed E-state index contributed by atoms with van der Waals surface area (Å²) in [6.45, 7) is 0. The Hall–Kier alpha value is -1.57. The minimum absolute atomic E-state index is 0.0919. The Kier molecular flexibility index (Phi) is 5.15. The Balaban J connectivity index is 3.57. The Morgan fingerprint density at radius 1 is 1.40 bits per heavy atom. The number of halogens is 1. The van der Waals surface area contributed by atoms with E-state index in [-0.39, 0.29) is 21.2 Å². The zero-order valence-corrected chi connectivity index (χ0v) is 12.7. The van der Waals surface area contributed by atoms with Crippen molar-refractivity contribution in [3.8, 4) is 5.75 Å². The number of carbonyl (C=O) groups is 1. The van der Waals surface area contributed by atoms with Crippen LogP contribution in [0.15, 0.2) is 23.1 Å². The maximum absolute atomic E-state index is 12.2. The molecule has 0 spiro atoms. The van der Waals surface area contributed by atoms with E-state index in [0.29, 0.717) is 0 Å². The predicted molar refractivity (Wildman–Crippen MR) is 75.5 cm³/mol. The molecule has 0 saturated carbocycles. The zero-order chi connectivity index (χ0) is 15.5. The van der Waals surface area contributed by atoms with Crippen LogP contribution >= 0.6 is 11.6 Å². The summed E-state index contributed by atoms with van der Waals surface area (Å²) in [5, 5.41) is 8.78. The number of sulfonamides is 1. The SMILES string of the molecule is COc1cc(C=CC(=O)O)c(S(=O)(=O)N(C)C)cc1Cl. The molecule has 0 unspecified atom stereocenters. The lowest BCUT2D eigenvalue weighted by Gasteiger charge is -2.15. The normalized spacial score (nSPS) is 12.1. The van der Waals surface area contributed by atoms with Gasteiger partial charge >= 0.3 is 5.97 Å². The molecule has 6 nitrogen and oxygen atoms in total. The van der Waals surface area contributed by atoms with Gasteiger partial charge in [0.05, 0.1) is 17.0 Å². The number of benzene rings is 1. The van der Waals surface area contributed by atoms with Crippen molar-refractivity contribution in [2.24, 2.45) is 0 Å². The minimum Gasteiger partial charge on any atom is -0.495 e. The van der Waals surface area contributed by atoms with E-state index in [0.717, 1.165) is 10.4 Å². The summed E-state index contributed by atoms with van der Waals surface area (Å²) in [7, 11) is 0.374. The highest BCUT2D eigenvalue weighted by molar-refractivity contribution is 7.89. The molecule has 0 aromatic heterocycles. The second-order valence-corrected chi connectivity index (χ2v) is 6.51. The number of methoxy groups -OCH3 is 1. The van der Waals surface area contributed by atoms with Gasteiger partial charge < -0.3 is 9.84 Å². The first-order valence-electron chi connectivity index (χ1n) is 5.41. The van der Waals surface area contributed by atoms with Gasteiger partial charge in [-0.25, -0.2) is 17.5 Å². The Bertz CT molecular complexity index is 652. The standard InChI is InChI=1S/C12H14ClNO5S/c1-14(2)20(17,18)11-7-9(13)10(19-3)6-8(11)4-5-12(15)16/h4-7H,1-3H3,(H,15,16). The summed E-state index contributed by atoms with van der Waals surface area (Å²) < 4.78 is 30.4. The van der Waals surface area contributed by atoms with Crippen molar-refractivity contribution in [3.63, 3.8) is 0 Å². The van der Waals surface area contributed by atoms with Gasteiger partial charge in [0.25, 0.3) is 0 Å². The largest absolute Gasteiger partial charge is 0.495 e. The van der Waals surface area contributed by atoms with Crippen LogP contribution < -0.4 is 4.74 Å². The molecular weight excluding hydrogens is 306 g/mol. The van der Waals surface area contributed by atoms with Crippen LogP contribution in [0.2, 0.25) is 5.02 Å². The molecule has 0 aliphatic heterocycles. The molecule has 0 atom stereocenters. The quantitative estimate of drug-likeness (QED) is 0.835. The van der Waals surface area contributed by atoms with Crippen molar-refractivity contribution < 1.29 is 23.1 Å². The molecule has 1 aromatic carbocycles. The van der Waals surface area contributed by atoms with E-state index in [1.807, 2.05) is 0 Å². The average Bonchev–Trinajstić information content (AvgIpc) is 2.36. The molecule has 0 fully saturated rings. The first-order valence-corrected chi connectivity index (χ1v) is 7.23. The van der Waals surface area contributed by atoms with Crippen LogP contribution in [0.5, 0.6) is 5.75 Å². The second-order valence-electron chi connectivity index (χ2n) is 3.98. The number of aliphatic carboxylic acids is 1. The summed E-state index contributed by atoms with van der Waals surface area (Å²) in [6.07, 6.45) is 2.02. The molecule has 1 rings (SSSR count). The third kappa shape index (κ3) is 3.50. The van der Waals surface area contributed by atoms with Crippen molar-refractivity contribution in [3.05, 3.63) is 28.8 Å². The summed E-state index contributed by atoms with van der Waals surface area (Å²) in [6, 6.07) is 2.61. The molecular formula is C12H14ClNO5S. The molecule has 1 aromatic rings. The highest BCUT2D eigenvalue weighted by atomic mass is 35.5. The number of nitrogens with zero attached hydrogens (tertiary/aromatic N) is 1. The van der Waals surface area contributed by atoms with Gasteiger partial charge in [-0.1, -0.05) is 11.6 Å². The van der Waals surface area contributed by atoms with E-state index in [1.54, 1.807) is 0 Å². The highest BCUT2D eigenvalue weighted by Gasteiger charge is 2.22. The Morgan fingerprint density at radius 3 is 2.45 bits per heavy atom. The van der Waals surface area contributed by atoms with Crippen LogP contribution in [-0.2, 0) is 14.8 Å². The van der Waals surface area contributed by atoms with Crippen molar-refractivity contribution in [1.29, 1.82) is 0 Å². The monoisotopic (exact) mass is 319 g/mol. The first kappa shape index (κ1) is 16.5. The summed E-state index contributed by atoms with van der Waals surface area (Å²) >= 11 is 5.93. The third-order valence-corrected chi connectivity index (χ3v) is 4.61. The van der Waals surface area contributed by atoms with Gasteiger partial charge in [0.1, 0.15) is 5.75 Å². The number of hydrogen-bond acceptors (Lipinski definition) is 4. The van der Waals surface area contributed by atoms with Crippen molar-refractivity contribution >= 4 is 33.7 Å². The molecule has 0 aliphatic carbocycles. The van der Waals surface area contributed by atoms with E-state index in [9.17, 15) is 13.2 Å². The lowest BCUT2D eigenvalue weighted by molar-refractivity contribution is -0.131. The molecule has 8 heteroatoms. The van der Waals surface area contributed by atoms with Gasteiger partial charge in [-0.15, -0.1) is 0 Å². The van der Waals surface area contributed by atoms with Gasteiger partial charge in [0, 0.05) is 20.2 Å². The van der Waals surface area contributed by atoms with E-state index >= 15 is 0 Å². The van der Waals surface area contributed by atoms with Gasteiger partial charge in [-0.05, 0) is 23.8 Å². The molecule has 0 saturated heterocycles. The number of rotatable bonds is 5. The van der Waals surface area contributed by atoms with Gasteiger partial charge in [-0.2, -0.15) is 0 Å². The molecule has 0 bridgehead atoms. The molecule has 0 heterocycles. The van der Waals surface area contributed by atoms with Crippen molar-refractivity contribution in [1.82, 2.24) is 4.31 Å². The first-order chi connectivity index (χ1) is 9.20. The second kappa shape index (κ2) is 6.25. The molecule has 110 valence electrons.